The van der Waals surface area contributed by atoms with Crippen LogP contribution in [-0.4, -0.2) is 23.6 Å². The highest BCUT2D eigenvalue weighted by molar-refractivity contribution is 5.96. The smallest absolute Gasteiger partial charge is 0.258 e. The largest absolute Gasteiger partial charge is 0.310 e. The second-order valence-electron chi connectivity index (χ2n) is 5.05. The topological polar surface area (TPSA) is 32.7 Å². The van der Waals surface area contributed by atoms with E-state index >= 15 is 0 Å². The number of hydrogen-bond acceptors (Lipinski definition) is 2. The zero-order valence-electron chi connectivity index (χ0n) is 12.9. The molecule has 1 aromatic carbocycles. The van der Waals surface area contributed by atoms with Crippen molar-refractivity contribution in [1.29, 1.82) is 0 Å². The van der Waals surface area contributed by atoms with Crippen molar-refractivity contribution in [2.45, 2.75) is 27.7 Å². The van der Waals surface area contributed by atoms with Gasteiger partial charge < -0.3 is 4.90 Å². The summed E-state index contributed by atoms with van der Waals surface area (Å²) in [6.07, 6.45) is 1.69. The number of rotatable bonds is 4. The minimum Gasteiger partial charge on any atom is -0.310 e. The van der Waals surface area contributed by atoms with Crippen molar-refractivity contribution in [3.63, 3.8) is 0 Å². The van der Waals surface area contributed by atoms with E-state index in [-0.39, 0.29) is 5.91 Å². The van der Waals surface area contributed by atoms with Crippen molar-refractivity contribution in [3.8, 4) is 0 Å². The van der Waals surface area contributed by atoms with Crippen LogP contribution in [0.1, 0.15) is 36.7 Å². The molecule has 0 unspecified atom stereocenters. The van der Waals surface area contributed by atoms with Crippen LogP contribution in [0.2, 0.25) is 0 Å². The average molecular weight is 270 g/mol. The lowest BCUT2D eigenvalue weighted by Crippen LogP contribution is -2.27. The van der Waals surface area contributed by atoms with Gasteiger partial charge in [-0.05, 0) is 44.9 Å². The van der Waals surface area contributed by atoms with Gasteiger partial charge in [-0.1, -0.05) is 24.8 Å². The molecular weight excluding hydrogens is 248 g/mol. The average Bonchev–Trinajstić information content (AvgIpc) is 2.37. The van der Waals surface area contributed by atoms with E-state index in [2.05, 4.69) is 11.6 Å². The Bertz CT molecular complexity index is 578. The van der Waals surface area contributed by atoms with E-state index in [0.717, 1.165) is 22.5 Å². The van der Waals surface area contributed by atoms with E-state index in [1.807, 2.05) is 52.0 Å². The number of benzene rings is 1. The third-order valence-electron chi connectivity index (χ3n) is 2.92. The predicted molar refractivity (Wildman–Crippen MR) is 85.0 cm³/mol. The van der Waals surface area contributed by atoms with Crippen LogP contribution in [-0.2, 0) is 0 Å². The summed E-state index contributed by atoms with van der Waals surface area (Å²) in [7, 11) is 1.75. The molecule has 0 N–H and O–H groups in total. The molecule has 1 aromatic rings. The molecule has 0 atom stereocenters. The van der Waals surface area contributed by atoms with Crippen molar-refractivity contribution in [2.24, 2.45) is 4.99 Å². The van der Waals surface area contributed by atoms with E-state index in [0.29, 0.717) is 5.56 Å². The maximum atomic E-state index is 12.6. The molecule has 0 aliphatic heterocycles. The van der Waals surface area contributed by atoms with Crippen molar-refractivity contribution in [2.75, 3.05) is 7.05 Å². The Balaban J connectivity index is 3.14. The third kappa shape index (κ3) is 3.92. The van der Waals surface area contributed by atoms with Crippen LogP contribution >= 0.6 is 0 Å². The van der Waals surface area contributed by atoms with Gasteiger partial charge in [0.05, 0.1) is 11.9 Å². The number of hydrogen-bond donors (Lipinski definition) is 0. The van der Waals surface area contributed by atoms with Gasteiger partial charge in [0.15, 0.2) is 0 Å². The molecule has 0 radical (unpaired) electrons. The van der Waals surface area contributed by atoms with Crippen LogP contribution in [0.3, 0.4) is 0 Å². The van der Waals surface area contributed by atoms with E-state index < -0.39 is 0 Å². The van der Waals surface area contributed by atoms with Crippen LogP contribution in [0.15, 0.2) is 53.3 Å². The summed E-state index contributed by atoms with van der Waals surface area (Å²) >= 11 is 0. The Morgan fingerprint density at radius 3 is 2.35 bits per heavy atom. The highest BCUT2D eigenvalue weighted by atomic mass is 16.2. The van der Waals surface area contributed by atoms with Crippen LogP contribution in [0.5, 0.6) is 0 Å². The summed E-state index contributed by atoms with van der Waals surface area (Å²) < 4.78 is 0. The fraction of sp³-hybridized carbons (Fsp3) is 0.294. The van der Waals surface area contributed by atoms with Gasteiger partial charge in [0.1, 0.15) is 0 Å². The van der Waals surface area contributed by atoms with Gasteiger partial charge in [-0.2, -0.15) is 0 Å². The molecule has 0 aliphatic rings. The lowest BCUT2D eigenvalue weighted by Gasteiger charge is -2.21. The van der Waals surface area contributed by atoms with Gasteiger partial charge in [0.2, 0.25) is 0 Å². The number of allylic oxidation sites excluding steroid dienone is 1. The second-order valence-corrected chi connectivity index (χ2v) is 5.05. The number of carbonyl (C=O) groups is 1. The van der Waals surface area contributed by atoms with E-state index in [4.69, 9.17) is 0 Å². The van der Waals surface area contributed by atoms with Gasteiger partial charge in [-0.3, -0.25) is 9.79 Å². The summed E-state index contributed by atoms with van der Waals surface area (Å²) in [6, 6.07) is 7.55. The molecule has 1 amide bonds. The number of likely N-dealkylation sites (N-methyl/N-ethyl adjacent to an activating group) is 1. The van der Waals surface area contributed by atoms with Crippen LogP contribution in [0.4, 0.5) is 0 Å². The standard InChI is InChI=1S/C17H22N2O/c1-12(2)16(11-18-13(3)4)19(6)17(20)15-10-8-7-9-14(15)5/h7-11H,1H2,2-6H3/b16-11+. The second kappa shape index (κ2) is 6.85. The summed E-state index contributed by atoms with van der Waals surface area (Å²) in [6.45, 7) is 11.5. The molecule has 0 fully saturated rings. The molecule has 20 heavy (non-hydrogen) atoms. The Kier molecular flexibility index (Phi) is 5.44. The quantitative estimate of drug-likeness (QED) is 0.602. The summed E-state index contributed by atoms with van der Waals surface area (Å²) in [5.74, 6) is -0.0543. The van der Waals surface area contributed by atoms with E-state index in [9.17, 15) is 4.79 Å². The summed E-state index contributed by atoms with van der Waals surface area (Å²) in [5.41, 5.74) is 4.11. The minimum absolute atomic E-state index is 0.0543. The molecule has 0 heterocycles. The Morgan fingerprint density at radius 1 is 1.25 bits per heavy atom. The monoisotopic (exact) mass is 270 g/mol. The first-order chi connectivity index (χ1) is 9.34. The van der Waals surface area contributed by atoms with Crippen molar-refractivity contribution in [3.05, 3.63) is 59.4 Å². The molecule has 0 bridgehead atoms. The minimum atomic E-state index is -0.0543. The molecule has 0 aliphatic carbocycles. The molecule has 1 rings (SSSR count). The first-order valence-corrected chi connectivity index (χ1v) is 6.55. The van der Waals surface area contributed by atoms with Crippen molar-refractivity contribution in [1.82, 2.24) is 4.90 Å². The van der Waals surface area contributed by atoms with Crippen molar-refractivity contribution < 1.29 is 4.79 Å². The summed E-state index contributed by atoms with van der Waals surface area (Å²) in [4.78, 5) is 18.4. The molecule has 0 spiro atoms. The van der Waals surface area contributed by atoms with Gasteiger partial charge in [0, 0.05) is 18.3 Å². The van der Waals surface area contributed by atoms with Gasteiger partial charge in [0.25, 0.3) is 5.91 Å². The first-order valence-electron chi connectivity index (χ1n) is 6.55. The SMILES string of the molecule is C=C(C)/C(=C\N=C(C)C)N(C)C(=O)c1ccccc1C. The predicted octanol–water partition coefficient (Wildman–Crippen LogP) is 3.97. The van der Waals surface area contributed by atoms with Gasteiger partial charge in [-0.25, -0.2) is 0 Å². The molecule has 0 saturated carbocycles. The van der Waals surface area contributed by atoms with Crippen molar-refractivity contribution >= 4 is 11.6 Å². The normalized spacial score (nSPS) is 10.9. The lowest BCUT2D eigenvalue weighted by molar-refractivity contribution is 0.0838. The van der Waals surface area contributed by atoms with Crippen LogP contribution in [0, 0.1) is 6.92 Å². The lowest BCUT2D eigenvalue weighted by atomic mass is 10.1. The fourth-order valence-electron chi connectivity index (χ4n) is 1.78. The molecule has 106 valence electrons. The van der Waals surface area contributed by atoms with Gasteiger partial charge in [-0.15, -0.1) is 0 Å². The maximum Gasteiger partial charge on any atom is 0.258 e. The fourth-order valence-corrected chi connectivity index (χ4v) is 1.78. The molecular formula is C17H22N2O. The van der Waals surface area contributed by atoms with Gasteiger partial charge >= 0.3 is 0 Å². The summed E-state index contributed by atoms with van der Waals surface area (Å²) in [5, 5.41) is 0. The van der Waals surface area contributed by atoms with E-state index in [1.165, 1.54) is 0 Å². The zero-order chi connectivity index (χ0) is 15.3. The molecule has 0 aromatic heterocycles. The molecule has 3 nitrogen and oxygen atoms in total. The Morgan fingerprint density at radius 2 is 1.85 bits per heavy atom. The molecule has 0 saturated heterocycles. The third-order valence-corrected chi connectivity index (χ3v) is 2.92. The number of aryl methyl sites for hydroxylation is 1. The number of carbonyl (C=O) groups excluding carboxylic acids is 1. The number of nitrogens with zero attached hydrogens (tertiary/aromatic N) is 2. The highest BCUT2D eigenvalue weighted by Gasteiger charge is 2.17. The van der Waals surface area contributed by atoms with Crippen LogP contribution < -0.4 is 0 Å². The molecule has 3 heteroatoms. The first kappa shape index (κ1) is 15.9. The Labute approximate surface area is 121 Å². The number of aliphatic imine (C=N–C) groups is 1. The Hall–Kier alpha value is -2.16. The highest BCUT2D eigenvalue weighted by Crippen LogP contribution is 2.17. The van der Waals surface area contributed by atoms with E-state index in [1.54, 1.807) is 18.1 Å². The number of amides is 1. The zero-order valence-corrected chi connectivity index (χ0v) is 12.9. The maximum absolute atomic E-state index is 12.6. The van der Waals surface area contributed by atoms with Crippen LogP contribution in [0.25, 0.3) is 0 Å².